The van der Waals surface area contributed by atoms with E-state index in [-0.39, 0.29) is 11.9 Å². The number of likely N-dealkylation sites (tertiary alicyclic amines) is 1. The zero-order valence-electron chi connectivity index (χ0n) is 13.4. The number of nitrogens with zero attached hydrogens (tertiary/aromatic N) is 1. The van der Waals surface area contributed by atoms with Gasteiger partial charge < -0.3 is 5.73 Å². The van der Waals surface area contributed by atoms with Crippen LogP contribution in [0.25, 0.3) is 0 Å². The summed E-state index contributed by atoms with van der Waals surface area (Å²) in [5.41, 5.74) is 8.25. The molecule has 21 heavy (non-hydrogen) atoms. The highest BCUT2D eigenvalue weighted by Crippen LogP contribution is 2.29. The first-order chi connectivity index (χ1) is 10.2. The SMILES string of the molecule is CCCC1CCCN(C(CN)c2ccc(F)cc2C)CC1. The van der Waals surface area contributed by atoms with Crippen LogP contribution in [0.4, 0.5) is 4.39 Å². The summed E-state index contributed by atoms with van der Waals surface area (Å²) in [5, 5.41) is 0. The van der Waals surface area contributed by atoms with Gasteiger partial charge >= 0.3 is 0 Å². The largest absolute Gasteiger partial charge is 0.329 e. The van der Waals surface area contributed by atoms with E-state index in [9.17, 15) is 4.39 Å². The fourth-order valence-electron chi connectivity index (χ4n) is 3.68. The Morgan fingerprint density at radius 2 is 2.14 bits per heavy atom. The van der Waals surface area contributed by atoms with Gasteiger partial charge in [0.2, 0.25) is 0 Å². The van der Waals surface area contributed by atoms with E-state index in [1.54, 1.807) is 12.1 Å². The summed E-state index contributed by atoms with van der Waals surface area (Å²) in [6, 6.07) is 5.32. The van der Waals surface area contributed by atoms with Crippen LogP contribution in [0.15, 0.2) is 18.2 Å². The molecule has 1 aliphatic heterocycles. The lowest BCUT2D eigenvalue weighted by molar-refractivity contribution is 0.206. The van der Waals surface area contributed by atoms with Gasteiger partial charge in [0, 0.05) is 12.6 Å². The summed E-state index contributed by atoms with van der Waals surface area (Å²) in [7, 11) is 0. The van der Waals surface area contributed by atoms with Crippen LogP contribution in [-0.2, 0) is 0 Å². The Labute approximate surface area is 128 Å². The summed E-state index contributed by atoms with van der Waals surface area (Å²) >= 11 is 0. The van der Waals surface area contributed by atoms with Crippen molar-refractivity contribution >= 4 is 0 Å². The molecule has 0 radical (unpaired) electrons. The quantitative estimate of drug-likeness (QED) is 0.887. The highest BCUT2D eigenvalue weighted by molar-refractivity contribution is 5.30. The van der Waals surface area contributed by atoms with Crippen LogP contribution in [0.3, 0.4) is 0 Å². The Morgan fingerprint density at radius 3 is 2.81 bits per heavy atom. The lowest BCUT2D eigenvalue weighted by Crippen LogP contribution is -2.35. The van der Waals surface area contributed by atoms with Crippen molar-refractivity contribution < 1.29 is 4.39 Å². The van der Waals surface area contributed by atoms with Crippen molar-refractivity contribution in [2.24, 2.45) is 11.7 Å². The first-order valence-electron chi connectivity index (χ1n) is 8.35. The number of rotatable bonds is 5. The fraction of sp³-hybridized carbons (Fsp3) is 0.667. The smallest absolute Gasteiger partial charge is 0.123 e. The van der Waals surface area contributed by atoms with Crippen molar-refractivity contribution in [2.75, 3.05) is 19.6 Å². The van der Waals surface area contributed by atoms with Gasteiger partial charge in [0.1, 0.15) is 5.82 Å². The van der Waals surface area contributed by atoms with E-state index in [1.807, 2.05) is 13.0 Å². The van der Waals surface area contributed by atoms with Crippen molar-refractivity contribution in [2.45, 2.75) is 52.0 Å². The van der Waals surface area contributed by atoms with Crippen molar-refractivity contribution in [3.05, 3.63) is 35.1 Å². The first kappa shape index (κ1) is 16.4. The van der Waals surface area contributed by atoms with Gasteiger partial charge in [-0.2, -0.15) is 0 Å². The Bertz CT molecular complexity index is 447. The van der Waals surface area contributed by atoms with E-state index in [2.05, 4.69) is 11.8 Å². The van der Waals surface area contributed by atoms with Crippen LogP contribution < -0.4 is 5.73 Å². The number of hydrogen-bond acceptors (Lipinski definition) is 2. The van der Waals surface area contributed by atoms with Crippen molar-refractivity contribution in [1.82, 2.24) is 4.90 Å². The van der Waals surface area contributed by atoms with E-state index in [4.69, 9.17) is 5.73 Å². The highest BCUT2D eigenvalue weighted by Gasteiger charge is 2.24. The third-order valence-electron chi connectivity index (χ3n) is 4.83. The molecule has 2 N–H and O–H groups in total. The second-order valence-corrected chi connectivity index (χ2v) is 6.37. The molecule has 3 heteroatoms. The lowest BCUT2D eigenvalue weighted by Gasteiger charge is -2.31. The molecule has 1 aromatic rings. The number of benzene rings is 1. The topological polar surface area (TPSA) is 29.3 Å². The molecule has 1 saturated heterocycles. The van der Waals surface area contributed by atoms with Crippen molar-refractivity contribution in [3.8, 4) is 0 Å². The summed E-state index contributed by atoms with van der Waals surface area (Å²) in [5.74, 6) is 0.707. The second-order valence-electron chi connectivity index (χ2n) is 6.37. The molecule has 1 aliphatic rings. The van der Waals surface area contributed by atoms with Gasteiger partial charge in [0.25, 0.3) is 0 Å². The summed E-state index contributed by atoms with van der Waals surface area (Å²) in [6.45, 7) is 7.08. The Balaban J connectivity index is 2.10. The van der Waals surface area contributed by atoms with E-state index < -0.39 is 0 Å². The Hall–Kier alpha value is -0.930. The zero-order valence-corrected chi connectivity index (χ0v) is 13.4. The van der Waals surface area contributed by atoms with E-state index in [1.165, 1.54) is 37.7 Å². The van der Waals surface area contributed by atoms with Crippen molar-refractivity contribution in [3.63, 3.8) is 0 Å². The maximum atomic E-state index is 13.3. The van der Waals surface area contributed by atoms with E-state index >= 15 is 0 Å². The van der Waals surface area contributed by atoms with Gasteiger partial charge in [-0.15, -0.1) is 0 Å². The molecule has 2 atom stereocenters. The minimum atomic E-state index is -0.161. The molecule has 0 amide bonds. The lowest BCUT2D eigenvalue weighted by atomic mass is 9.96. The van der Waals surface area contributed by atoms with Crippen LogP contribution in [0, 0.1) is 18.7 Å². The Kier molecular flexibility index (Phi) is 6.19. The summed E-state index contributed by atoms with van der Waals surface area (Å²) in [4.78, 5) is 2.51. The predicted molar refractivity (Wildman–Crippen MR) is 86.8 cm³/mol. The molecule has 1 fully saturated rings. The predicted octanol–water partition coefficient (Wildman–Crippen LogP) is 4.04. The van der Waals surface area contributed by atoms with Crippen LogP contribution in [-0.4, -0.2) is 24.5 Å². The van der Waals surface area contributed by atoms with Gasteiger partial charge in [-0.25, -0.2) is 4.39 Å². The summed E-state index contributed by atoms with van der Waals surface area (Å²) < 4.78 is 13.3. The monoisotopic (exact) mass is 292 g/mol. The molecule has 0 saturated carbocycles. The number of hydrogen-bond donors (Lipinski definition) is 1. The van der Waals surface area contributed by atoms with Crippen molar-refractivity contribution in [1.29, 1.82) is 0 Å². The van der Waals surface area contributed by atoms with Crippen LogP contribution in [0.5, 0.6) is 0 Å². The van der Waals surface area contributed by atoms with E-state index in [0.29, 0.717) is 6.54 Å². The molecule has 0 aliphatic carbocycles. The normalized spacial score (nSPS) is 22.0. The van der Waals surface area contributed by atoms with Crippen LogP contribution in [0.1, 0.15) is 56.2 Å². The van der Waals surface area contributed by atoms with Gasteiger partial charge in [-0.1, -0.05) is 25.8 Å². The average Bonchev–Trinajstić information content (AvgIpc) is 2.68. The fourth-order valence-corrected chi connectivity index (χ4v) is 3.68. The third-order valence-corrected chi connectivity index (χ3v) is 4.83. The molecular formula is C18H29FN2. The number of halogens is 1. The number of nitrogens with two attached hydrogens (primary N) is 1. The van der Waals surface area contributed by atoms with Gasteiger partial charge in [0.15, 0.2) is 0 Å². The maximum Gasteiger partial charge on any atom is 0.123 e. The first-order valence-corrected chi connectivity index (χ1v) is 8.35. The molecule has 1 heterocycles. The molecule has 2 unspecified atom stereocenters. The third kappa shape index (κ3) is 4.27. The standard InChI is InChI=1S/C18H29FN2/c1-3-5-15-6-4-10-21(11-9-15)18(13-20)17-8-7-16(19)12-14(17)2/h7-8,12,15,18H,3-6,9-11,13,20H2,1-2H3. The maximum absolute atomic E-state index is 13.3. The molecule has 0 bridgehead atoms. The molecule has 118 valence electrons. The highest BCUT2D eigenvalue weighted by atomic mass is 19.1. The molecular weight excluding hydrogens is 263 g/mol. The number of aryl methyl sites for hydroxylation is 1. The average molecular weight is 292 g/mol. The minimum Gasteiger partial charge on any atom is -0.329 e. The molecule has 2 nitrogen and oxygen atoms in total. The minimum absolute atomic E-state index is 0.161. The summed E-state index contributed by atoms with van der Waals surface area (Å²) in [6.07, 6.45) is 6.48. The van der Waals surface area contributed by atoms with Gasteiger partial charge in [-0.3, -0.25) is 4.90 Å². The van der Waals surface area contributed by atoms with Gasteiger partial charge in [0.05, 0.1) is 0 Å². The molecule has 0 spiro atoms. The molecule has 1 aromatic carbocycles. The zero-order chi connectivity index (χ0) is 15.2. The molecule has 0 aromatic heterocycles. The van der Waals surface area contributed by atoms with Crippen LogP contribution >= 0.6 is 0 Å². The Morgan fingerprint density at radius 1 is 1.33 bits per heavy atom. The van der Waals surface area contributed by atoms with E-state index in [0.717, 1.165) is 24.6 Å². The van der Waals surface area contributed by atoms with Crippen LogP contribution in [0.2, 0.25) is 0 Å². The molecule has 2 rings (SSSR count). The second kappa shape index (κ2) is 7.90. The van der Waals surface area contributed by atoms with Gasteiger partial charge in [-0.05, 0) is 68.5 Å².